The maximum atomic E-state index is 13.1. The molecule has 2 aliphatic carbocycles. The predicted molar refractivity (Wildman–Crippen MR) is 118 cm³/mol. The van der Waals surface area contributed by atoms with Gasteiger partial charge in [-0.15, -0.1) is 0 Å². The first kappa shape index (κ1) is 20.0. The van der Waals surface area contributed by atoms with Crippen LogP contribution in [0.5, 0.6) is 5.75 Å². The molecule has 0 aromatic heterocycles. The third-order valence-electron chi connectivity index (χ3n) is 8.00. The van der Waals surface area contributed by atoms with E-state index in [-0.39, 0.29) is 11.2 Å². The molecule has 2 aromatic rings. The molecule has 2 N–H and O–H groups in total. The number of aromatic hydroxyl groups is 1. The normalized spacial score (nSPS) is 28.3. The number of phenols is 1. The standard InChI is InChI=1S/C26H33FN2O/c1-18-25-14-21-6-9-23(30)15-24(21)26(18,11-13-29(25)17-20-2-3-20)10-12-28-16-19-4-7-22(27)8-5-19/h4-9,15,18,20,25,28,30H,2-3,10-14,16-17H2,1H3/t18-,25+,26?/m0/s1. The minimum Gasteiger partial charge on any atom is -0.508 e. The average molecular weight is 409 g/mol. The fourth-order valence-electron chi connectivity index (χ4n) is 6.03. The molecule has 1 aliphatic heterocycles. The zero-order chi connectivity index (χ0) is 20.7. The van der Waals surface area contributed by atoms with E-state index in [1.807, 2.05) is 24.3 Å². The third-order valence-corrected chi connectivity index (χ3v) is 8.00. The summed E-state index contributed by atoms with van der Waals surface area (Å²) in [4.78, 5) is 2.77. The van der Waals surface area contributed by atoms with Crippen molar-refractivity contribution in [1.29, 1.82) is 0 Å². The summed E-state index contributed by atoms with van der Waals surface area (Å²) in [7, 11) is 0. The lowest BCUT2D eigenvalue weighted by atomic mass is 9.56. The molecule has 30 heavy (non-hydrogen) atoms. The van der Waals surface area contributed by atoms with Crippen molar-refractivity contribution in [3.05, 3.63) is 65.0 Å². The Morgan fingerprint density at radius 1 is 1.17 bits per heavy atom. The van der Waals surface area contributed by atoms with E-state index in [0.717, 1.165) is 43.8 Å². The van der Waals surface area contributed by atoms with E-state index >= 15 is 0 Å². The average Bonchev–Trinajstić information content (AvgIpc) is 3.55. The molecule has 3 atom stereocenters. The first-order chi connectivity index (χ1) is 14.5. The Bertz CT molecular complexity index is 894. The van der Waals surface area contributed by atoms with E-state index in [1.165, 1.54) is 49.2 Å². The molecule has 0 spiro atoms. The number of likely N-dealkylation sites (tertiary alicyclic amines) is 1. The summed E-state index contributed by atoms with van der Waals surface area (Å²) >= 11 is 0. The summed E-state index contributed by atoms with van der Waals surface area (Å²) in [6.45, 7) is 6.55. The van der Waals surface area contributed by atoms with Crippen molar-refractivity contribution in [3.8, 4) is 5.75 Å². The number of nitrogens with zero attached hydrogens (tertiary/aromatic N) is 1. The molecule has 0 amide bonds. The van der Waals surface area contributed by atoms with Gasteiger partial charge >= 0.3 is 0 Å². The topological polar surface area (TPSA) is 35.5 Å². The number of hydrogen-bond donors (Lipinski definition) is 2. The summed E-state index contributed by atoms with van der Waals surface area (Å²) in [5.41, 5.74) is 4.03. The van der Waals surface area contributed by atoms with E-state index in [9.17, 15) is 9.50 Å². The highest BCUT2D eigenvalue weighted by molar-refractivity contribution is 5.44. The quantitative estimate of drug-likeness (QED) is 0.656. The van der Waals surface area contributed by atoms with Crippen molar-refractivity contribution in [2.75, 3.05) is 19.6 Å². The van der Waals surface area contributed by atoms with Gasteiger partial charge in [0.1, 0.15) is 11.6 Å². The molecule has 160 valence electrons. The number of hydrogen-bond acceptors (Lipinski definition) is 3. The summed E-state index contributed by atoms with van der Waals surface area (Å²) in [5, 5.41) is 13.8. The van der Waals surface area contributed by atoms with Crippen LogP contribution < -0.4 is 5.32 Å². The number of piperidine rings is 1. The van der Waals surface area contributed by atoms with Gasteiger partial charge in [-0.05, 0) is 98.0 Å². The smallest absolute Gasteiger partial charge is 0.123 e. The zero-order valence-electron chi connectivity index (χ0n) is 17.9. The summed E-state index contributed by atoms with van der Waals surface area (Å²) in [6, 6.07) is 13.4. The van der Waals surface area contributed by atoms with Gasteiger partial charge in [0.05, 0.1) is 0 Å². The Labute approximate surface area is 179 Å². The van der Waals surface area contributed by atoms with Crippen molar-refractivity contribution in [1.82, 2.24) is 10.2 Å². The number of benzene rings is 2. The molecular formula is C26H33FN2O. The number of halogens is 1. The molecule has 3 nitrogen and oxygen atoms in total. The second kappa shape index (κ2) is 7.97. The lowest BCUT2D eigenvalue weighted by Crippen LogP contribution is -2.59. The first-order valence-corrected chi connectivity index (χ1v) is 11.6. The van der Waals surface area contributed by atoms with E-state index in [4.69, 9.17) is 0 Å². The van der Waals surface area contributed by atoms with Crippen LogP contribution in [-0.4, -0.2) is 35.7 Å². The Hall–Kier alpha value is -1.91. The second-order valence-corrected chi connectivity index (χ2v) is 9.80. The fraction of sp³-hybridized carbons (Fsp3) is 0.538. The van der Waals surface area contributed by atoms with Crippen LogP contribution in [0.4, 0.5) is 4.39 Å². The van der Waals surface area contributed by atoms with Gasteiger partial charge in [-0.3, -0.25) is 4.90 Å². The summed E-state index contributed by atoms with van der Waals surface area (Å²) in [5.74, 6) is 1.70. The van der Waals surface area contributed by atoms with Crippen LogP contribution in [0.2, 0.25) is 0 Å². The lowest BCUT2D eigenvalue weighted by molar-refractivity contribution is 0.0158. The van der Waals surface area contributed by atoms with Gasteiger partial charge in [-0.2, -0.15) is 0 Å². The van der Waals surface area contributed by atoms with Gasteiger partial charge in [0.15, 0.2) is 0 Å². The van der Waals surface area contributed by atoms with Gasteiger partial charge in [0.2, 0.25) is 0 Å². The maximum Gasteiger partial charge on any atom is 0.123 e. The number of rotatable bonds is 7. The van der Waals surface area contributed by atoms with Gasteiger partial charge in [0, 0.05) is 24.5 Å². The van der Waals surface area contributed by atoms with E-state index < -0.39 is 0 Å². The molecule has 4 heteroatoms. The molecule has 2 bridgehead atoms. The molecule has 5 rings (SSSR count). The molecule has 1 saturated heterocycles. The Balaban J connectivity index is 1.34. The predicted octanol–water partition coefficient (Wildman–Crippen LogP) is 4.63. The highest BCUT2D eigenvalue weighted by Gasteiger charge is 2.51. The van der Waals surface area contributed by atoms with Crippen LogP contribution >= 0.6 is 0 Å². The van der Waals surface area contributed by atoms with Gasteiger partial charge in [0.25, 0.3) is 0 Å². The number of fused-ring (bicyclic) bond motifs is 4. The highest BCUT2D eigenvalue weighted by Crippen LogP contribution is 2.52. The largest absolute Gasteiger partial charge is 0.508 e. The maximum absolute atomic E-state index is 13.1. The molecule has 1 saturated carbocycles. The van der Waals surface area contributed by atoms with Crippen molar-refractivity contribution >= 4 is 0 Å². The Morgan fingerprint density at radius 3 is 2.73 bits per heavy atom. The molecule has 1 unspecified atom stereocenters. The summed E-state index contributed by atoms with van der Waals surface area (Å²) in [6.07, 6.45) is 6.14. The minimum atomic E-state index is -0.186. The van der Waals surface area contributed by atoms with Crippen LogP contribution in [-0.2, 0) is 18.4 Å². The number of nitrogens with one attached hydrogen (secondary N) is 1. The minimum absolute atomic E-state index is 0.118. The van der Waals surface area contributed by atoms with Gasteiger partial charge in [-0.25, -0.2) is 4.39 Å². The van der Waals surface area contributed by atoms with Crippen molar-refractivity contribution in [2.24, 2.45) is 11.8 Å². The Kier molecular flexibility index (Phi) is 5.32. The Morgan fingerprint density at radius 2 is 1.97 bits per heavy atom. The first-order valence-electron chi connectivity index (χ1n) is 11.6. The van der Waals surface area contributed by atoms with Gasteiger partial charge < -0.3 is 10.4 Å². The molecule has 3 aliphatic rings. The third kappa shape index (κ3) is 3.76. The highest BCUT2D eigenvalue weighted by atomic mass is 19.1. The zero-order valence-corrected chi connectivity index (χ0v) is 17.9. The van der Waals surface area contributed by atoms with Crippen molar-refractivity contribution < 1.29 is 9.50 Å². The van der Waals surface area contributed by atoms with Gasteiger partial charge in [-0.1, -0.05) is 25.1 Å². The summed E-state index contributed by atoms with van der Waals surface area (Å²) < 4.78 is 13.1. The van der Waals surface area contributed by atoms with Crippen LogP contribution in [0.1, 0.15) is 49.3 Å². The number of phenolic OH excluding ortho intramolecular Hbond substituents is 1. The van der Waals surface area contributed by atoms with Crippen molar-refractivity contribution in [3.63, 3.8) is 0 Å². The monoisotopic (exact) mass is 408 g/mol. The SMILES string of the molecule is C[C@H]1[C@H]2Cc3ccc(O)cc3C1(CCNCc1ccc(F)cc1)CCN2CC1CC1. The van der Waals surface area contributed by atoms with Crippen molar-refractivity contribution in [2.45, 2.75) is 57.0 Å². The van der Waals surface area contributed by atoms with Crippen LogP contribution in [0.15, 0.2) is 42.5 Å². The molecule has 2 fully saturated rings. The van der Waals surface area contributed by atoms with E-state index in [1.54, 1.807) is 0 Å². The van der Waals surface area contributed by atoms with Crippen LogP contribution in [0, 0.1) is 17.7 Å². The van der Waals surface area contributed by atoms with E-state index in [2.05, 4.69) is 23.2 Å². The fourth-order valence-corrected chi connectivity index (χ4v) is 6.03. The molecule has 1 heterocycles. The van der Waals surface area contributed by atoms with E-state index in [0.29, 0.717) is 17.7 Å². The second-order valence-electron chi connectivity index (χ2n) is 9.80. The molecule has 2 aromatic carbocycles. The van der Waals surface area contributed by atoms with Crippen LogP contribution in [0.3, 0.4) is 0 Å². The molecule has 0 radical (unpaired) electrons. The van der Waals surface area contributed by atoms with Crippen LogP contribution in [0.25, 0.3) is 0 Å². The molecular weight excluding hydrogens is 375 g/mol. The lowest BCUT2D eigenvalue weighted by Gasteiger charge is -2.56.